The molecule has 1 amide bonds. The summed E-state index contributed by atoms with van der Waals surface area (Å²) < 4.78 is 4.94. The minimum Gasteiger partial charge on any atom is -0.462 e. The van der Waals surface area contributed by atoms with E-state index in [2.05, 4.69) is 0 Å². The van der Waals surface area contributed by atoms with Crippen LogP contribution < -0.4 is 0 Å². The van der Waals surface area contributed by atoms with Crippen LogP contribution in [-0.4, -0.2) is 35.5 Å². The second kappa shape index (κ2) is 2.97. The number of hydrogen-bond donors (Lipinski definition) is 0. The molecule has 4 nitrogen and oxygen atoms in total. The molecular weight excluding hydrogens is 182 g/mol. The van der Waals surface area contributed by atoms with Crippen molar-refractivity contribution in [1.29, 1.82) is 0 Å². The van der Waals surface area contributed by atoms with E-state index in [0.717, 1.165) is 12.8 Å². The summed E-state index contributed by atoms with van der Waals surface area (Å²) in [5, 5.41) is 0. The summed E-state index contributed by atoms with van der Waals surface area (Å²) >= 11 is 0. The third-order valence-electron chi connectivity index (χ3n) is 2.92. The summed E-state index contributed by atoms with van der Waals surface area (Å²) in [6, 6.07) is 0. The first-order valence-corrected chi connectivity index (χ1v) is 5.02. The third-order valence-corrected chi connectivity index (χ3v) is 2.92. The fourth-order valence-corrected chi connectivity index (χ4v) is 1.73. The van der Waals surface area contributed by atoms with Gasteiger partial charge in [-0.3, -0.25) is 4.79 Å². The smallest absolute Gasteiger partial charge is 0.331 e. The van der Waals surface area contributed by atoms with Crippen LogP contribution in [0.4, 0.5) is 0 Å². The van der Waals surface area contributed by atoms with Crippen LogP contribution >= 0.6 is 0 Å². The van der Waals surface area contributed by atoms with Crippen LogP contribution in [-0.2, 0) is 14.3 Å². The summed E-state index contributed by atoms with van der Waals surface area (Å²) in [6.07, 6.45) is 1.95. The summed E-state index contributed by atoms with van der Waals surface area (Å²) in [5.41, 5.74) is -0.780. The van der Waals surface area contributed by atoms with Gasteiger partial charge in [-0.1, -0.05) is 0 Å². The molecule has 2 aliphatic rings. The Balaban J connectivity index is 2.15. The Labute approximate surface area is 83.2 Å². The van der Waals surface area contributed by atoms with Crippen molar-refractivity contribution in [2.75, 3.05) is 13.2 Å². The van der Waals surface area contributed by atoms with Crippen molar-refractivity contribution in [3.05, 3.63) is 0 Å². The molecule has 1 aliphatic heterocycles. The van der Waals surface area contributed by atoms with Crippen molar-refractivity contribution in [3.8, 4) is 0 Å². The van der Waals surface area contributed by atoms with Gasteiger partial charge in [0.15, 0.2) is 0 Å². The summed E-state index contributed by atoms with van der Waals surface area (Å²) in [7, 11) is 0. The number of nitrogens with zero attached hydrogens (tertiary/aromatic N) is 1. The summed E-state index contributed by atoms with van der Waals surface area (Å²) in [5.74, 6) is -0.00965. The van der Waals surface area contributed by atoms with Gasteiger partial charge in [0.2, 0.25) is 5.91 Å². The highest BCUT2D eigenvalue weighted by atomic mass is 16.5. The number of cyclic esters (lactones) is 1. The van der Waals surface area contributed by atoms with E-state index < -0.39 is 5.54 Å². The van der Waals surface area contributed by atoms with Gasteiger partial charge >= 0.3 is 5.97 Å². The van der Waals surface area contributed by atoms with Crippen LogP contribution in [0.25, 0.3) is 0 Å². The zero-order valence-corrected chi connectivity index (χ0v) is 8.58. The van der Waals surface area contributed by atoms with Crippen LogP contribution in [0.2, 0.25) is 0 Å². The number of rotatable bonds is 1. The molecule has 78 valence electrons. The fourth-order valence-electron chi connectivity index (χ4n) is 1.73. The van der Waals surface area contributed by atoms with E-state index in [-0.39, 0.29) is 17.8 Å². The van der Waals surface area contributed by atoms with Gasteiger partial charge in [0, 0.05) is 5.92 Å². The molecule has 1 saturated heterocycles. The number of carbonyl (C=O) groups is 2. The number of morpholine rings is 1. The molecule has 0 bridgehead atoms. The molecule has 0 aromatic rings. The molecule has 0 atom stereocenters. The highest BCUT2D eigenvalue weighted by molar-refractivity contribution is 5.90. The van der Waals surface area contributed by atoms with Crippen LogP contribution in [0.3, 0.4) is 0 Å². The van der Waals surface area contributed by atoms with Crippen molar-refractivity contribution >= 4 is 11.9 Å². The molecule has 0 N–H and O–H groups in total. The maximum absolute atomic E-state index is 11.8. The Morgan fingerprint density at radius 3 is 2.71 bits per heavy atom. The molecule has 1 saturated carbocycles. The average Bonchev–Trinajstić information content (AvgIpc) is 2.91. The molecule has 0 aromatic heterocycles. The molecule has 2 rings (SSSR count). The quantitative estimate of drug-likeness (QED) is 0.577. The standard InChI is InChI=1S/C10H15NO3/c1-10(2)9(13)14-6-5-11(10)8(12)7-3-4-7/h7H,3-6H2,1-2H3. The highest BCUT2D eigenvalue weighted by Crippen LogP contribution is 2.34. The minimum atomic E-state index is -0.780. The first-order valence-electron chi connectivity index (χ1n) is 5.02. The van der Waals surface area contributed by atoms with Crippen LogP contribution in [0, 0.1) is 5.92 Å². The topological polar surface area (TPSA) is 46.6 Å². The normalized spacial score (nSPS) is 25.9. The van der Waals surface area contributed by atoms with Crippen molar-refractivity contribution < 1.29 is 14.3 Å². The van der Waals surface area contributed by atoms with Gasteiger partial charge in [0.05, 0.1) is 6.54 Å². The predicted octanol–water partition coefficient (Wildman–Crippen LogP) is 0.560. The zero-order valence-electron chi connectivity index (χ0n) is 8.58. The molecule has 2 fully saturated rings. The van der Waals surface area contributed by atoms with E-state index in [1.54, 1.807) is 18.7 Å². The molecule has 4 heteroatoms. The molecular formula is C10H15NO3. The van der Waals surface area contributed by atoms with Crippen LogP contribution in [0.1, 0.15) is 26.7 Å². The van der Waals surface area contributed by atoms with Gasteiger partial charge in [0.25, 0.3) is 0 Å². The van der Waals surface area contributed by atoms with Crippen molar-refractivity contribution in [2.45, 2.75) is 32.2 Å². The second-order valence-corrected chi connectivity index (χ2v) is 4.46. The van der Waals surface area contributed by atoms with Gasteiger partial charge in [-0.25, -0.2) is 4.79 Å². The Kier molecular flexibility index (Phi) is 2.01. The first-order chi connectivity index (χ1) is 6.53. The van der Waals surface area contributed by atoms with E-state index in [4.69, 9.17) is 4.74 Å². The fraction of sp³-hybridized carbons (Fsp3) is 0.800. The molecule has 1 heterocycles. The number of amides is 1. The van der Waals surface area contributed by atoms with E-state index in [9.17, 15) is 9.59 Å². The molecule has 0 radical (unpaired) electrons. The largest absolute Gasteiger partial charge is 0.462 e. The van der Waals surface area contributed by atoms with Crippen molar-refractivity contribution in [2.24, 2.45) is 5.92 Å². The minimum absolute atomic E-state index is 0.117. The molecule has 1 aliphatic carbocycles. The Bertz CT molecular complexity index is 281. The number of esters is 1. The molecule has 0 spiro atoms. The molecule has 0 unspecified atom stereocenters. The highest BCUT2D eigenvalue weighted by Gasteiger charge is 2.46. The lowest BCUT2D eigenvalue weighted by Gasteiger charge is -2.40. The van der Waals surface area contributed by atoms with Gasteiger partial charge in [0.1, 0.15) is 12.1 Å². The van der Waals surface area contributed by atoms with Gasteiger partial charge < -0.3 is 9.64 Å². The Morgan fingerprint density at radius 2 is 2.14 bits per heavy atom. The Hall–Kier alpha value is -1.06. The van der Waals surface area contributed by atoms with E-state index in [1.807, 2.05) is 0 Å². The number of ether oxygens (including phenoxy) is 1. The lowest BCUT2D eigenvalue weighted by atomic mass is 10.0. The van der Waals surface area contributed by atoms with E-state index in [1.165, 1.54) is 0 Å². The van der Waals surface area contributed by atoms with Crippen molar-refractivity contribution in [1.82, 2.24) is 4.90 Å². The monoisotopic (exact) mass is 197 g/mol. The summed E-state index contributed by atoms with van der Waals surface area (Å²) in [6.45, 7) is 4.36. The number of hydrogen-bond acceptors (Lipinski definition) is 3. The first kappa shape index (κ1) is 9.49. The van der Waals surface area contributed by atoms with Gasteiger partial charge in [-0.15, -0.1) is 0 Å². The maximum Gasteiger partial charge on any atom is 0.331 e. The lowest BCUT2D eigenvalue weighted by molar-refractivity contribution is -0.172. The van der Waals surface area contributed by atoms with Crippen molar-refractivity contribution in [3.63, 3.8) is 0 Å². The SMILES string of the molecule is CC1(C)C(=O)OCCN1C(=O)C1CC1. The van der Waals surface area contributed by atoms with Gasteiger partial charge in [-0.2, -0.15) is 0 Å². The average molecular weight is 197 g/mol. The Morgan fingerprint density at radius 1 is 1.50 bits per heavy atom. The zero-order chi connectivity index (χ0) is 10.3. The lowest BCUT2D eigenvalue weighted by Crippen LogP contribution is -2.58. The van der Waals surface area contributed by atoms with E-state index >= 15 is 0 Å². The third kappa shape index (κ3) is 1.38. The number of carbonyl (C=O) groups excluding carboxylic acids is 2. The van der Waals surface area contributed by atoms with Gasteiger partial charge in [-0.05, 0) is 26.7 Å². The molecule has 14 heavy (non-hydrogen) atoms. The predicted molar refractivity (Wildman–Crippen MR) is 49.5 cm³/mol. The van der Waals surface area contributed by atoms with Crippen LogP contribution in [0.5, 0.6) is 0 Å². The molecule has 0 aromatic carbocycles. The van der Waals surface area contributed by atoms with E-state index in [0.29, 0.717) is 13.2 Å². The summed E-state index contributed by atoms with van der Waals surface area (Å²) in [4.78, 5) is 25.0. The maximum atomic E-state index is 11.8. The van der Waals surface area contributed by atoms with Crippen LogP contribution in [0.15, 0.2) is 0 Å². The second-order valence-electron chi connectivity index (χ2n) is 4.46.